The maximum absolute atomic E-state index is 11.8. The van der Waals surface area contributed by atoms with Crippen molar-refractivity contribution in [1.82, 2.24) is 9.88 Å². The van der Waals surface area contributed by atoms with E-state index in [9.17, 15) is 9.90 Å². The van der Waals surface area contributed by atoms with E-state index in [1.165, 1.54) is 0 Å². The van der Waals surface area contributed by atoms with Crippen LogP contribution < -0.4 is 0 Å². The van der Waals surface area contributed by atoms with E-state index in [0.717, 1.165) is 17.7 Å². The summed E-state index contributed by atoms with van der Waals surface area (Å²) < 4.78 is 0. The molecule has 1 heterocycles. The smallest absolute Gasteiger partial charge is 0.251 e. The van der Waals surface area contributed by atoms with E-state index in [1.54, 1.807) is 36.1 Å². The minimum absolute atomic E-state index is 0.196. The monoisotopic (exact) mass is 268 g/mol. The first-order valence-electron chi connectivity index (χ1n) is 5.96. The second-order valence-corrected chi connectivity index (χ2v) is 5.15. The van der Waals surface area contributed by atoms with Gasteiger partial charge in [0, 0.05) is 26.0 Å². The largest absolute Gasteiger partial charge is 0.383 e. The van der Waals surface area contributed by atoms with Gasteiger partial charge in [-0.3, -0.25) is 9.78 Å². The fourth-order valence-corrected chi connectivity index (χ4v) is 2.02. The zero-order valence-electron chi connectivity index (χ0n) is 10.9. The number of carbonyl (C=O) groups is 1. The van der Waals surface area contributed by atoms with Gasteiger partial charge in [0.05, 0.1) is 0 Å². The van der Waals surface area contributed by atoms with E-state index in [1.807, 2.05) is 18.4 Å². The minimum atomic E-state index is -0.875. The molecular formula is C13H20N2O2S. The zero-order valence-corrected chi connectivity index (χ0v) is 11.7. The van der Waals surface area contributed by atoms with Crippen molar-refractivity contribution in [1.29, 1.82) is 0 Å². The van der Waals surface area contributed by atoms with Gasteiger partial charge in [-0.2, -0.15) is 11.8 Å². The number of likely N-dealkylation sites (N-methyl/N-ethyl adjacent to an activating group) is 1. The third kappa shape index (κ3) is 5.06. The molecule has 4 nitrogen and oxygen atoms in total. The van der Waals surface area contributed by atoms with Gasteiger partial charge >= 0.3 is 0 Å². The predicted molar refractivity (Wildman–Crippen MR) is 74.6 cm³/mol. The van der Waals surface area contributed by atoms with E-state index in [4.69, 9.17) is 0 Å². The predicted octanol–water partition coefficient (Wildman–Crippen LogP) is 1.20. The molecule has 1 aromatic heterocycles. The van der Waals surface area contributed by atoms with Crippen LogP contribution in [0.4, 0.5) is 0 Å². The number of hydrogen-bond acceptors (Lipinski definition) is 4. The summed E-state index contributed by atoms with van der Waals surface area (Å²) in [4.78, 5) is 17.4. The van der Waals surface area contributed by atoms with Crippen LogP contribution in [0.25, 0.3) is 0 Å². The van der Waals surface area contributed by atoms with E-state index in [2.05, 4.69) is 4.98 Å². The van der Waals surface area contributed by atoms with E-state index in [-0.39, 0.29) is 5.91 Å². The first-order chi connectivity index (χ1) is 8.65. The van der Waals surface area contributed by atoms with Crippen LogP contribution in [0.5, 0.6) is 0 Å². The fourth-order valence-electron chi connectivity index (χ4n) is 1.56. The van der Waals surface area contributed by atoms with Crippen LogP contribution in [-0.4, -0.2) is 52.6 Å². The van der Waals surface area contributed by atoms with Crippen molar-refractivity contribution < 1.29 is 9.90 Å². The molecule has 1 aromatic rings. The molecule has 1 atom stereocenters. The van der Waals surface area contributed by atoms with Crippen LogP contribution in [0, 0.1) is 0 Å². The highest BCUT2D eigenvalue weighted by Crippen LogP contribution is 2.05. The lowest BCUT2D eigenvalue weighted by molar-refractivity contribution is -0.138. The van der Waals surface area contributed by atoms with Gasteiger partial charge in [0.2, 0.25) is 0 Å². The molecule has 0 fully saturated rings. The number of thioether (sulfide) groups is 1. The Morgan fingerprint density at radius 2 is 2.17 bits per heavy atom. The van der Waals surface area contributed by atoms with Gasteiger partial charge in [-0.05, 0) is 42.5 Å². The molecule has 0 aliphatic carbocycles. The van der Waals surface area contributed by atoms with Crippen molar-refractivity contribution in [2.75, 3.05) is 25.6 Å². The molecule has 0 saturated heterocycles. The molecule has 0 radical (unpaired) electrons. The summed E-state index contributed by atoms with van der Waals surface area (Å²) in [6, 6.07) is 3.87. The Bertz CT molecular complexity index is 359. The highest BCUT2D eigenvalue weighted by molar-refractivity contribution is 7.98. The molecule has 1 N–H and O–H groups in total. The van der Waals surface area contributed by atoms with Crippen LogP contribution in [0.2, 0.25) is 0 Å². The maximum Gasteiger partial charge on any atom is 0.251 e. The van der Waals surface area contributed by atoms with Crippen LogP contribution in [-0.2, 0) is 11.2 Å². The lowest BCUT2D eigenvalue weighted by Gasteiger charge is -2.20. The van der Waals surface area contributed by atoms with Gasteiger partial charge in [-0.25, -0.2) is 0 Å². The van der Waals surface area contributed by atoms with Gasteiger partial charge in [0.15, 0.2) is 0 Å². The van der Waals surface area contributed by atoms with Gasteiger partial charge in [0.1, 0.15) is 6.10 Å². The molecule has 18 heavy (non-hydrogen) atoms. The van der Waals surface area contributed by atoms with E-state index < -0.39 is 6.10 Å². The Labute approximate surface area is 112 Å². The number of aromatic nitrogens is 1. The van der Waals surface area contributed by atoms with Crippen LogP contribution >= 0.6 is 11.8 Å². The summed E-state index contributed by atoms with van der Waals surface area (Å²) in [5.74, 6) is 0.601. The number of nitrogens with zero attached hydrogens (tertiary/aromatic N) is 2. The SMILES string of the molecule is CSCCC(O)C(=O)N(C)CCc1ccncc1. The second kappa shape index (κ2) is 8.11. The molecule has 1 rings (SSSR count). The van der Waals surface area contributed by atoms with Gasteiger partial charge in [-0.1, -0.05) is 0 Å². The number of pyridine rings is 1. The maximum atomic E-state index is 11.8. The van der Waals surface area contributed by atoms with Crippen molar-refractivity contribution in [2.24, 2.45) is 0 Å². The van der Waals surface area contributed by atoms with Gasteiger partial charge in [0.25, 0.3) is 5.91 Å². The van der Waals surface area contributed by atoms with Crippen molar-refractivity contribution in [3.63, 3.8) is 0 Å². The number of hydrogen-bond donors (Lipinski definition) is 1. The summed E-state index contributed by atoms with van der Waals surface area (Å²) in [6.07, 6.45) is 5.86. The number of aliphatic hydroxyl groups excluding tert-OH is 1. The normalized spacial score (nSPS) is 12.2. The first kappa shape index (κ1) is 15.0. The molecule has 0 aromatic carbocycles. The summed E-state index contributed by atoms with van der Waals surface area (Å²) in [5, 5.41) is 9.70. The third-order valence-electron chi connectivity index (χ3n) is 2.74. The topological polar surface area (TPSA) is 53.4 Å². The quantitative estimate of drug-likeness (QED) is 0.807. The molecule has 0 aliphatic heterocycles. The molecule has 0 saturated carbocycles. The number of amides is 1. The number of carbonyl (C=O) groups excluding carboxylic acids is 1. The number of aliphatic hydroxyl groups is 1. The molecule has 1 amide bonds. The Hall–Kier alpha value is -1.07. The summed E-state index contributed by atoms with van der Waals surface area (Å²) in [7, 11) is 1.73. The molecule has 0 aliphatic rings. The summed E-state index contributed by atoms with van der Waals surface area (Å²) in [5.41, 5.74) is 1.14. The average molecular weight is 268 g/mol. The Morgan fingerprint density at radius 3 is 2.78 bits per heavy atom. The van der Waals surface area contributed by atoms with Crippen LogP contribution in [0.15, 0.2) is 24.5 Å². The highest BCUT2D eigenvalue weighted by atomic mass is 32.2. The van der Waals surface area contributed by atoms with Crippen molar-refractivity contribution in [2.45, 2.75) is 18.9 Å². The van der Waals surface area contributed by atoms with Crippen molar-refractivity contribution in [3.8, 4) is 0 Å². The zero-order chi connectivity index (χ0) is 13.4. The number of rotatable bonds is 7. The summed E-state index contributed by atoms with van der Waals surface area (Å²) >= 11 is 1.63. The molecule has 0 spiro atoms. The van der Waals surface area contributed by atoms with E-state index in [0.29, 0.717) is 13.0 Å². The van der Waals surface area contributed by atoms with Gasteiger partial charge < -0.3 is 10.0 Å². The fraction of sp³-hybridized carbons (Fsp3) is 0.538. The Morgan fingerprint density at radius 1 is 1.50 bits per heavy atom. The second-order valence-electron chi connectivity index (χ2n) is 4.16. The van der Waals surface area contributed by atoms with E-state index >= 15 is 0 Å². The molecular weight excluding hydrogens is 248 g/mol. The first-order valence-corrected chi connectivity index (χ1v) is 7.35. The van der Waals surface area contributed by atoms with Crippen LogP contribution in [0.1, 0.15) is 12.0 Å². The molecule has 0 bridgehead atoms. The minimum Gasteiger partial charge on any atom is -0.383 e. The van der Waals surface area contributed by atoms with Crippen molar-refractivity contribution in [3.05, 3.63) is 30.1 Å². The molecule has 100 valence electrons. The van der Waals surface area contributed by atoms with Gasteiger partial charge in [-0.15, -0.1) is 0 Å². The lowest BCUT2D eigenvalue weighted by atomic mass is 10.2. The molecule has 1 unspecified atom stereocenters. The lowest BCUT2D eigenvalue weighted by Crippen LogP contribution is -2.37. The third-order valence-corrected chi connectivity index (χ3v) is 3.39. The Balaban J connectivity index is 2.35. The Kier molecular flexibility index (Phi) is 6.75. The van der Waals surface area contributed by atoms with Crippen LogP contribution in [0.3, 0.4) is 0 Å². The average Bonchev–Trinajstić information content (AvgIpc) is 2.42. The summed E-state index contributed by atoms with van der Waals surface area (Å²) in [6.45, 7) is 0.610. The van der Waals surface area contributed by atoms with Crippen molar-refractivity contribution >= 4 is 17.7 Å². The molecule has 5 heteroatoms. The highest BCUT2D eigenvalue weighted by Gasteiger charge is 2.18. The standard InChI is InChI=1S/C13H20N2O2S/c1-15(13(17)12(16)6-10-18-2)9-5-11-3-7-14-8-4-11/h3-4,7-8,12,16H,5-6,9-10H2,1-2H3.